The van der Waals surface area contributed by atoms with E-state index in [1.165, 1.54) is 16.7 Å². The van der Waals surface area contributed by atoms with Gasteiger partial charge in [0.05, 0.1) is 0 Å². The van der Waals surface area contributed by atoms with Crippen LogP contribution in [-0.4, -0.2) is 10.7 Å². The molecule has 0 radical (unpaired) electrons. The van der Waals surface area contributed by atoms with Crippen LogP contribution in [0, 0.1) is 0 Å². The predicted octanol–water partition coefficient (Wildman–Crippen LogP) is 5.48. The highest BCUT2D eigenvalue weighted by Gasteiger charge is 2.24. The Labute approximate surface area is 146 Å². The van der Waals surface area contributed by atoms with Crippen LogP contribution in [0.5, 0.6) is 11.5 Å². The van der Waals surface area contributed by atoms with E-state index in [1.54, 1.807) is 6.07 Å². The van der Waals surface area contributed by atoms with Crippen molar-refractivity contribution in [3.05, 3.63) is 58.7 Å². The molecule has 0 saturated heterocycles. The quantitative estimate of drug-likeness (QED) is 0.730. The molecule has 0 bridgehead atoms. The van der Waals surface area contributed by atoms with Crippen molar-refractivity contribution < 1.29 is 9.84 Å². The van der Waals surface area contributed by atoms with Gasteiger partial charge in [0.1, 0.15) is 17.1 Å². The fourth-order valence-electron chi connectivity index (χ4n) is 3.43. The van der Waals surface area contributed by atoms with Gasteiger partial charge in [-0.05, 0) is 67.5 Å². The highest BCUT2D eigenvalue weighted by molar-refractivity contribution is 5.46. The van der Waals surface area contributed by atoms with Crippen LogP contribution in [0.4, 0.5) is 0 Å². The summed E-state index contributed by atoms with van der Waals surface area (Å²) in [4.78, 5) is 0. The van der Waals surface area contributed by atoms with E-state index < -0.39 is 0 Å². The van der Waals surface area contributed by atoms with Gasteiger partial charge in [-0.1, -0.05) is 45.0 Å². The number of aromatic hydroxyl groups is 1. The molecular formula is C22H30O2. The summed E-state index contributed by atoms with van der Waals surface area (Å²) in [6.45, 7) is 10.8. The number of ether oxygens (including phenoxy) is 1. The zero-order chi connectivity index (χ0) is 17.7. The topological polar surface area (TPSA) is 29.5 Å². The molecule has 0 spiro atoms. The molecule has 0 saturated carbocycles. The van der Waals surface area contributed by atoms with Crippen molar-refractivity contribution in [3.8, 4) is 11.5 Å². The van der Waals surface area contributed by atoms with Gasteiger partial charge in [-0.2, -0.15) is 0 Å². The molecule has 0 aliphatic carbocycles. The number of hydrogen-bond donors (Lipinski definition) is 1. The first-order valence-corrected chi connectivity index (χ1v) is 9.01. The Morgan fingerprint density at radius 2 is 1.50 bits per heavy atom. The van der Waals surface area contributed by atoms with E-state index in [-0.39, 0.29) is 5.60 Å². The van der Waals surface area contributed by atoms with Crippen molar-refractivity contribution in [2.24, 2.45) is 0 Å². The molecule has 0 amide bonds. The van der Waals surface area contributed by atoms with Crippen LogP contribution in [0.15, 0.2) is 36.4 Å². The minimum atomic E-state index is -0.387. The smallest absolute Gasteiger partial charge is 0.123 e. The fourth-order valence-corrected chi connectivity index (χ4v) is 3.43. The van der Waals surface area contributed by atoms with E-state index in [0.717, 1.165) is 30.6 Å². The van der Waals surface area contributed by atoms with Crippen molar-refractivity contribution in [3.63, 3.8) is 0 Å². The molecule has 0 fully saturated rings. The summed E-state index contributed by atoms with van der Waals surface area (Å²) in [6.07, 6.45) is 3.72. The molecule has 2 aromatic rings. The Morgan fingerprint density at radius 1 is 0.833 bits per heavy atom. The standard InChI is InChI=1S/C22H30O2/c1-6-16-13-14-21(19(8-3)18(16)7-2)24-22(4,5)15-17-11-9-10-12-20(17)23/h9-14,23H,6-8,15H2,1-5H3. The summed E-state index contributed by atoms with van der Waals surface area (Å²) in [5.74, 6) is 1.31. The lowest BCUT2D eigenvalue weighted by molar-refractivity contribution is 0.107. The minimum absolute atomic E-state index is 0.334. The Hall–Kier alpha value is -1.96. The molecule has 2 rings (SSSR count). The van der Waals surface area contributed by atoms with Crippen LogP contribution < -0.4 is 4.74 Å². The zero-order valence-electron chi connectivity index (χ0n) is 15.6. The molecule has 130 valence electrons. The van der Waals surface area contributed by atoms with Crippen molar-refractivity contribution in [2.75, 3.05) is 0 Å². The Bertz CT molecular complexity index is 686. The first-order valence-electron chi connectivity index (χ1n) is 9.01. The second-order valence-corrected chi connectivity index (χ2v) is 6.91. The van der Waals surface area contributed by atoms with Gasteiger partial charge in [-0.25, -0.2) is 0 Å². The van der Waals surface area contributed by atoms with Gasteiger partial charge < -0.3 is 9.84 Å². The minimum Gasteiger partial charge on any atom is -0.508 e. The lowest BCUT2D eigenvalue weighted by Crippen LogP contribution is -2.31. The lowest BCUT2D eigenvalue weighted by Gasteiger charge is -2.29. The fraction of sp³-hybridized carbons (Fsp3) is 0.455. The Morgan fingerprint density at radius 3 is 2.08 bits per heavy atom. The van der Waals surface area contributed by atoms with E-state index in [0.29, 0.717) is 12.2 Å². The van der Waals surface area contributed by atoms with Crippen LogP contribution >= 0.6 is 0 Å². The second-order valence-electron chi connectivity index (χ2n) is 6.91. The maximum absolute atomic E-state index is 10.0. The molecule has 0 aliphatic rings. The number of hydrogen-bond acceptors (Lipinski definition) is 2. The summed E-state index contributed by atoms with van der Waals surface area (Å²) in [6, 6.07) is 11.8. The molecule has 2 heteroatoms. The third kappa shape index (κ3) is 4.11. The zero-order valence-corrected chi connectivity index (χ0v) is 15.6. The summed E-state index contributed by atoms with van der Waals surface area (Å²) in [5, 5.41) is 10.0. The van der Waals surface area contributed by atoms with Gasteiger partial charge in [0.15, 0.2) is 0 Å². The average molecular weight is 326 g/mol. The van der Waals surface area contributed by atoms with Crippen LogP contribution in [0.25, 0.3) is 0 Å². The summed E-state index contributed by atoms with van der Waals surface area (Å²) < 4.78 is 6.41. The number of benzene rings is 2. The molecule has 0 atom stereocenters. The van der Waals surface area contributed by atoms with Crippen molar-refractivity contribution in [1.82, 2.24) is 0 Å². The number of rotatable bonds is 7. The molecule has 0 heterocycles. The largest absolute Gasteiger partial charge is 0.508 e. The SMILES string of the molecule is CCc1ccc(OC(C)(C)Cc2ccccc2O)c(CC)c1CC. The molecule has 0 unspecified atom stereocenters. The van der Waals surface area contributed by atoms with Gasteiger partial charge in [0.2, 0.25) is 0 Å². The van der Waals surface area contributed by atoms with Crippen LogP contribution in [0.1, 0.15) is 56.9 Å². The molecule has 0 aromatic heterocycles. The maximum Gasteiger partial charge on any atom is 0.123 e. The highest BCUT2D eigenvalue weighted by Crippen LogP contribution is 2.32. The normalized spacial score (nSPS) is 11.5. The number of phenolic OH excluding ortho intramolecular Hbond substituents is 1. The summed E-state index contributed by atoms with van der Waals surface area (Å²) in [5.41, 5.74) is 4.70. The van der Waals surface area contributed by atoms with Gasteiger partial charge in [0, 0.05) is 6.42 Å². The molecular weight excluding hydrogens is 296 g/mol. The number of aryl methyl sites for hydroxylation is 1. The molecule has 2 nitrogen and oxygen atoms in total. The van der Waals surface area contributed by atoms with Crippen molar-refractivity contribution in [1.29, 1.82) is 0 Å². The van der Waals surface area contributed by atoms with E-state index in [9.17, 15) is 5.11 Å². The van der Waals surface area contributed by atoms with E-state index in [4.69, 9.17) is 4.74 Å². The Kier molecular flexibility index (Phi) is 5.93. The van der Waals surface area contributed by atoms with E-state index >= 15 is 0 Å². The third-order valence-corrected chi connectivity index (χ3v) is 4.57. The van der Waals surface area contributed by atoms with Crippen molar-refractivity contribution >= 4 is 0 Å². The van der Waals surface area contributed by atoms with Gasteiger partial charge in [-0.15, -0.1) is 0 Å². The molecule has 0 aliphatic heterocycles. The van der Waals surface area contributed by atoms with E-state index in [1.807, 2.05) is 18.2 Å². The van der Waals surface area contributed by atoms with Gasteiger partial charge in [0.25, 0.3) is 0 Å². The average Bonchev–Trinajstić information content (AvgIpc) is 2.55. The molecule has 1 N–H and O–H groups in total. The third-order valence-electron chi connectivity index (χ3n) is 4.57. The van der Waals surface area contributed by atoms with Crippen LogP contribution in [0.3, 0.4) is 0 Å². The Balaban J connectivity index is 2.30. The first kappa shape index (κ1) is 18.4. The monoisotopic (exact) mass is 326 g/mol. The van der Waals surface area contributed by atoms with Gasteiger partial charge in [-0.3, -0.25) is 0 Å². The second kappa shape index (κ2) is 7.74. The van der Waals surface area contributed by atoms with Crippen molar-refractivity contribution in [2.45, 2.75) is 65.9 Å². The number of para-hydroxylation sites is 1. The lowest BCUT2D eigenvalue weighted by atomic mass is 9.93. The van der Waals surface area contributed by atoms with Crippen LogP contribution in [-0.2, 0) is 25.7 Å². The summed E-state index contributed by atoms with van der Waals surface area (Å²) in [7, 11) is 0. The summed E-state index contributed by atoms with van der Waals surface area (Å²) >= 11 is 0. The number of phenols is 1. The molecule has 2 aromatic carbocycles. The van der Waals surface area contributed by atoms with E-state index in [2.05, 4.69) is 46.8 Å². The van der Waals surface area contributed by atoms with Crippen LogP contribution in [0.2, 0.25) is 0 Å². The highest BCUT2D eigenvalue weighted by atomic mass is 16.5. The maximum atomic E-state index is 10.0. The first-order chi connectivity index (χ1) is 11.4. The molecule has 24 heavy (non-hydrogen) atoms. The van der Waals surface area contributed by atoms with Gasteiger partial charge >= 0.3 is 0 Å². The predicted molar refractivity (Wildman–Crippen MR) is 101 cm³/mol.